The Hall–Kier alpha value is -3.48. The second-order valence-electron chi connectivity index (χ2n) is 5.81. The van der Waals surface area contributed by atoms with Crippen LogP contribution in [-0.2, 0) is 4.79 Å². The Morgan fingerprint density at radius 3 is 2.96 bits per heavy atom. The summed E-state index contributed by atoms with van der Waals surface area (Å²) in [7, 11) is 0. The smallest absolute Gasteiger partial charge is 0.295 e. The second kappa shape index (κ2) is 6.79. The summed E-state index contributed by atoms with van der Waals surface area (Å²) >= 11 is 0. The molecule has 4 rings (SSSR count). The minimum absolute atomic E-state index is 0.211. The van der Waals surface area contributed by atoms with Gasteiger partial charge in [0.2, 0.25) is 12.7 Å². The minimum Gasteiger partial charge on any atom is -0.454 e. The Labute approximate surface area is 149 Å². The molecule has 0 saturated heterocycles. The van der Waals surface area contributed by atoms with E-state index in [1.165, 1.54) is 6.08 Å². The van der Waals surface area contributed by atoms with Gasteiger partial charge in [0, 0.05) is 18.2 Å². The number of nitrogens with one attached hydrogen (secondary N) is 1. The fourth-order valence-corrected chi connectivity index (χ4v) is 2.82. The third-order valence-electron chi connectivity index (χ3n) is 4.13. The van der Waals surface area contributed by atoms with Gasteiger partial charge in [0.05, 0.1) is 0 Å². The number of carbonyl (C=O) groups excluding carboxylic acids is 2. The highest BCUT2D eigenvalue weighted by molar-refractivity contribution is 5.97. The van der Waals surface area contributed by atoms with Crippen LogP contribution in [0.15, 0.2) is 58.8 Å². The Balaban J connectivity index is 1.38. The van der Waals surface area contributed by atoms with Gasteiger partial charge in [0.1, 0.15) is 6.04 Å². The average Bonchev–Trinajstić information content (AvgIpc) is 3.14. The molecule has 7 nitrogen and oxygen atoms in total. The predicted molar refractivity (Wildman–Crippen MR) is 93.0 cm³/mol. The molecule has 130 valence electrons. The summed E-state index contributed by atoms with van der Waals surface area (Å²) in [6.45, 7) is 0.473. The van der Waals surface area contributed by atoms with Crippen molar-refractivity contribution >= 4 is 17.9 Å². The molecular weight excluding hydrogens is 334 g/mol. The molecule has 2 aliphatic rings. The van der Waals surface area contributed by atoms with Crippen molar-refractivity contribution in [1.82, 2.24) is 5.32 Å². The molecule has 0 saturated carbocycles. The molecule has 2 amide bonds. The summed E-state index contributed by atoms with van der Waals surface area (Å²) < 4.78 is 10.6. The maximum Gasteiger partial charge on any atom is 0.295 e. The number of hydrogen-bond donors (Lipinski definition) is 1. The van der Waals surface area contributed by atoms with Crippen molar-refractivity contribution in [2.45, 2.75) is 6.04 Å². The number of amides is 2. The van der Waals surface area contributed by atoms with Gasteiger partial charge in [-0.15, -0.1) is 5.11 Å². The Kier molecular flexibility index (Phi) is 4.18. The summed E-state index contributed by atoms with van der Waals surface area (Å²) in [5.74, 6) is 0.747. The number of fused-ring (bicyclic) bond motifs is 2. The molecule has 2 aromatic carbocycles. The van der Waals surface area contributed by atoms with Gasteiger partial charge >= 0.3 is 0 Å². The van der Waals surface area contributed by atoms with Crippen molar-refractivity contribution in [2.24, 2.45) is 10.2 Å². The van der Waals surface area contributed by atoms with Gasteiger partial charge in [-0.2, -0.15) is 5.11 Å². The summed E-state index contributed by atoms with van der Waals surface area (Å²) in [6.07, 6.45) is 3.13. The van der Waals surface area contributed by atoms with Crippen molar-refractivity contribution in [3.8, 4) is 11.5 Å². The molecular formula is C19H15N3O4. The van der Waals surface area contributed by atoms with E-state index in [0.717, 1.165) is 11.1 Å². The lowest BCUT2D eigenvalue weighted by Crippen LogP contribution is -2.27. The van der Waals surface area contributed by atoms with Gasteiger partial charge in [0.25, 0.3) is 5.91 Å². The number of azo groups is 1. The summed E-state index contributed by atoms with van der Waals surface area (Å²) in [5.41, 5.74) is 2.13. The van der Waals surface area contributed by atoms with Crippen LogP contribution in [0, 0.1) is 0 Å². The Morgan fingerprint density at radius 1 is 1.19 bits per heavy atom. The van der Waals surface area contributed by atoms with Crippen LogP contribution in [0.1, 0.15) is 27.5 Å². The zero-order valence-electron chi connectivity index (χ0n) is 13.7. The highest BCUT2D eigenvalue weighted by Crippen LogP contribution is 2.32. The van der Waals surface area contributed by atoms with E-state index >= 15 is 0 Å². The quantitative estimate of drug-likeness (QED) is 0.860. The molecule has 0 aliphatic carbocycles. The first-order valence-corrected chi connectivity index (χ1v) is 8.10. The summed E-state index contributed by atoms with van der Waals surface area (Å²) in [4.78, 5) is 23.8. The molecule has 0 spiro atoms. The Bertz CT molecular complexity index is 936. The predicted octanol–water partition coefficient (Wildman–Crippen LogP) is 2.89. The number of carbonyl (C=O) groups is 2. The molecule has 2 aromatic rings. The first-order chi connectivity index (χ1) is 12.7. The zero-order valence-corrected chi connectivity index (χ0v) is 13.7. The summed E-state index contributed by atoms with van der Waals surface area (Å²) in [5, 5.41) is 10.4. The van der Waals surface area contributed by atoms with Crippen molar-refractivity contribution in [1.29, 1.82) is 0 Å². The molecule has 7 heteroatoms. The lowest BCUT2D eigenvalue weighted by atomic mass is 9.99. The third kappa shape index (κ3) is 3.19. The maximum absolute atomic E-state index is 12.1. The van der Waals surface area contributed by atoms with Crippen LogP contribution in [0.4, 0.5) is 0 Å². The van der Waals surface area contributed by atoms with Crippen LogP contribution in [-0.4, -0.2) is 25.2 Å². The van der Waals surface area contributed by atoms with Crippen LogP contribution < -0.4 is 14.8 Å². The van der Waals surface area contributed by atoms with Crippen LogP contribution >= 0.6 is 0 Å². The van der Waals surface area contributed by atoms with E-state index in [9.17, 15) is 9.59 Å². The normalized spacial score (nSPS) is 17.4. The Morgan fingerprint density at radius 2 is 2.04 bits per heavy atom. The fourth-order valence-electron chi connectivity index (χ4n) is 2.82. The maximum atomic E-state index is 12.1. The largest absolute Gasteiger partial charge is 0.454 e. The van der Waals surface area contributed by atoms with Crippen molar-refractivity contribution in [2.75, 3.05) is 13.3 Å². The number of rotatable bonds is 4. The third-order valence-corrected chi connectivity index (χ3v) is 4.13. The van der Waals surface area contributed by atoms with Crippen molar-refractivity contribution < 1.29 is 19.1 Å². The molecule has 1 unspecified atom stereocenters. The molecule has 2 heterocycles. The van der Waals surface area contributed by atoms with Crippen LogP contribution in [0.5, 0.6) is 11.5 Å². The molecule has 1 atom stereocenters. The highest BCUT2D eigenvalue weighted by Gasteiger charge is 2.23. The van der Waals surface area contributed by atoms with E-state index in [0.29, 0.717) is 17.1 Å². The summed E-state index contributed by atoms with van der Waals surface area (Å²) in [6, 6.07) is 12.2. The SMILES string of the molecule is O=C(/C=C/c1ccc2c(c1)OCO2)NCC1N=NC(=O)c2ccccc21. The molecule has 2 aliphatic heterocycles. The number of ether oxygens (including phenoxy) is 2. The lowest BCUT2D eigenvalue weighted by Gasteiger charge is -2.17. The topological polar surface area (TPSA) is 89.3 Å². The van der Waals surface area contributed by atoms with Gasteiger partial charge in [-0.25, -0.2) is 0 Å². The van der Waals surface area contributed by atoms with E-state index < -0.39 is 0 Å². The second-order valence-corrected chi connectivity index (χ2v) is 5.81. The van der Waals surface area contributed by atoms with Crippen molar-refractivity contribution in [3.63, 3.8) is 0 Å². The van der Waals surface area contributed by atoms with Gasteiger partial charge < -0.3 is 14.8 Å². The molecule has 26 heavy (non-hydrogen) atoms. The average molecular weight is 349 g/mol. The van der Waals surface area contributed by atoms with Gasteiger partial charge in [-0.3, -0.25) is 9.59 Å². The van der Waals surface area contributed by atoms with Gasteiger partial charge in [-0.1, -0.05) is 24.3 Å². The molecule has 1 N–H and O–H groups in total. The number of hydrogen-bond acceptors (Lipinski definition) is 5. The molecule has 0 radical (unpaired) electrons. The lowest BCUT2D eigenvalue weighted by molar-refractivity contribution is -0.116. The van der Waals surface area contributed by atoms with Gasteiger partial charge in [0.15, 0.2) is 11.5 Å². The standard InChI is InChI=1S/C19H15N3O4/c23-18(8-6-12-5-7-16-17(9-12)26-11-25-16)20-10-15-13-3-1-2-4-14(13)19(24)22-21-15/h1-9,15H,10-11H2,(H,20,23)/b8-6+. The van der Waals surface area contributed by atoms with Crippen molar-refractivity contribution in [3.05, 3.63) is 65.2 Å². The van der Waals surface area contributed by atoms with E-state index in [2.05, 4.69) is 15.5 Å². The number of benzene rings is 2. The highest BCUT2D eigenvalue weighted by atomic mass is 16.7. The van der Waals surface area contributed by atoms with E-state index in [1.807, 2.05) is 24.3 Å². The number of nitrogens with zero attached hydrogens (tertiary/aromatic N) is 2. The monoisotopic (exact) mass is 349 g/mol. The molecule has 0 aromatic heterocycles. The van der Waals surface area contributed by atoms with Crippen LogP contribution in [0.2, 0.25) is 0 Å². The van der Waals surface area contributed by atoms with E-state index in [-0.39, 0.29) is 31.2 Å². The van der Waals surface area contributed by atoms with E-state index in [4.69, 9.17) is 9.47 Å². The van der Waals surface area contributed by atoms with Crippen LogP contribution in [0.3, 0.4) is 0 Å². The van der Waals surface area contributed by atoms with E-state index in [1.54, 1.807) is 24.3 Å². The zero-order chi connectivity index (χ0) is 17.9. The minimum atomic E-state index is -0.369. The van der Waals surface area contributed by atoms with Gasteiger partial charge in [-0.05, 0) is 35.4 Å². The molecule has 0 bridgehead atoms. The fraction of sp³-hybridized carbons (Fsp3) is 0.158. The first-order valence-electron chi connectivity index (χ1n) is 8.10. The molecule has 0 fully saturated rings. The van der Waals surface area contributed by atoms with Crippen LogP contribution in [0.25, 0.3) is 6.08 Å². The first kappa shape index (κ1) is 16.0.